The van der Waals surface area contributed by atoms with Crippen molar-refractivity contribution in [3.8, 4) is 0 Å². The molecule has 0 amide bonds. The Kier molecular flexibility index (Phi) is 3.85. The number of methoxy groups -OCH3 is 1. The monoisotopic (exact) mass is 259 g/mol. The molecule has 2 rings (SSSR count). The van der Waals surface area contributed by atoms with E-state index in [1.807, 2.05) is 49.6 Å². The van der Waals surface area contributed by atoms with Crippen LogP contribution in [0.5, 0.6) is 0 Å². The largest absolute Gasteiger partial charge is 0.465 e. The van der Waals surface area contributed by atoms with Crippen LogP contribution in [-0.2, 0) is 18.3 Å². The van der Waals surface area contributed by atoms with E-state index in [-0.39, 0.29) is 5.97 Å². The Labute approximate surface area is 112 Å². The van der Waals surface area contributed by atoms with Gasteiger partial charge in [0.15, 0.2) is 0 Å². The summed E-state index contributed by atoms with van der Waals surface area (Å²) in [6, 6.07) is 7.40. The fourth-order valence-corrected chi connectivity index (χ4v) is 2.00. The second-order valence-corrected chi connectivity index (χ2v) is 4.39. The third-order valence-corrected chi connectivity index (χ3v) is 2.90. The predicted molar refractivity (Wildman–Crippen MR) is 73.1 cm³/mol. The van der Waals surface area contributed by atoms with Crippen molar-refractivity contribution in [2.24, 2.45) is 7.05 Å². The molecule has 19 heavy (non-hydrogen) atoms. The Hall–Kier alpha value is -2.30. The third-order valence-electron chi connectivity index (χ3n) is 2.90. The zero-order valence-electron chi connectivity index (χ0n) is 11.3. The number of hydrogen-bond donors (Lipinski definition) is 0. The number of rotatable bonds is 4. The van der Waals surface area contributed by atoms with Gasteiger partial charge in [-0.3, -0.25) is 4.68 Å². The van der Waals surface area contributed by atoms with Crippen LogP contribution in [0.25, 0.3) is 0 Å². The summed E-state index contributed by atoms with van der Waals surface area (Å²) < 4.78 is 6.56. The van der Waals surface area contributed by atoms with E-state index in [9.17, 15) is 4.79 Å². The first-order valence-electron chi connectivity index (χ1n) is 5.98. The fraction of sp³-hybridized carbons (Fsp3) is 0.286. The highest BCUT2D eigenvalue weighted by atomic mass is 16.5. The predicted octanol–water partition coefficient (Wildman–Crippen LogP) is 1.84. The van der Waals surface area contributed by atoms with Gasteiger partial charge in [0, 0.05) is 32.4 Å². The molecule has 5 heteroatoms. The van der Waals surface area contributed by atoms with E-state index >= 15 is 0 Å². The summed E-state index contributed by atoms with van der Waals surface area (Å²) in [6.45, 7) is 0.682. The van der Waals surface area contributed by atoms with Gasteiger partial charge in [0.25, 0.3) is 0 Å². The van der Waals surface area contributed by atoms with Crippen LogP contribution in [0.15, 0.2) is 36.7 Å². The molecule has 0 saturated heterocycles. The molecule has 1 aromatic heterocycles. The average molecular weight is 259 g/mol. The number of carbonyl (C=O) groups is 1. The number of nitrogens with zero attached hydrogens (tertiary/aromatic N) is 3. The SMILES string of the molecule is COC(=O)c1ccccc1N(C)Cc1cnn(C)c1. The Balaban J connectivity index is 2.23. The maximum Gasteiger partial charge on any atom is 0.339 e. The fourth-order valence-electron chi connectivity index (χ4n) is 2.00. The molecule has 0 N–H and O–H groups in total. The normalized spacial score (nSPS) is 10.3. The van der Waals surface area contributed by atoms with Gasteiger partial charge >= 0.3 is 5.97 Å². The molecule has 1 heterocycles. The topological polar surface area (TPSA) is 47.4 Å². The van der Waals surface area contributed by atoms with Gasteiger partial charge in [0.05, 0.1) is 24.6 Å². The summed E-state index contributed by atoms with van der Waals surface area (Å²) in [7, 11) is 5.21. The molecular formula is C14H17N3O2. The number of benzene rings is 1. The Morgan fingerprint density at radius 1 is 1.42 bits per heavy atom. The summed E-state index contributed by atoms with van der Waals surface area (Å²) in [5.74, 6) is -0.325. The molecule has 0 aliphatic rings. The highest BCUT2D eigenvalue weighted by Crippen LogP contribution is 2.21. The molecule has 0 aliphatic carbocycles. The molecule has 0 fully saturated rings. The van der Waals surface area contributed by atoms with Crippen LogP contribution in [0, 0.1) is 0 Å². The molecule has 0 spiro atoms. The number of ether oxygens (including phenoxy) is 1. The van der Waals surface area contributed by atoms with E-state index in [4.69, 9.17) is 4.74 Å². The molecule has 100 valence electrons. The van der Waals surface area contributed by atoms with Crippen LogP contribution in [0.3, 0.4) is 0 Å². The first-order chi connectivity index (χ1) is 9.11. The van der Waals surface area contributed by atoms with Gasteiger partial charge in [0.2, 0.25) is 0 Å². The standard InChI is InChI=1S/C14H17N3O2/c1-16(9-11-8-15-17(2)10-11)13-7-5-4-6-12(13)14(18)19-3/h4-8,10H,9H2,1-3H3. The highest BCUT2D eigenvalue weighted by molar-refractivity contribution is 5.95. The summed E-state index contributed by atoms with van der Waals surface area (Å²) >= 11 is 0. The van der Waals surface area contributed by atoms with E-state index in [2.05, 4.69) is 5.10 Å². The van der Waals surface area contributed by atoms with E-state index in [1.54, 1.807) is 10.7 Å². The molecule has 0 atom stereocenters. The molecule has 2 aromatic rings. The first-order valence-corrected chi connectivity index (χ1v) is 5.98. The van der Waals surface area contributed by atoms with Crippen molar-refractivity contribution in [3.63, 3.8) is 0 Å². The number of esters is 1. The zero-order chi connectivity index (χ0) is 13.8. The lowest BCUT2D eigenvalue weighted by Gasteiger charge is -2.20. The van der Waals surface area contributed by atoms with Gasteiger partial charge in [-0.15, -0.1) is 0 Å². The van der Waals surface area contributed by atoms with Crippen molar-refractivity contribution >= 4 is 11.7 Å². The summed E-state index contributed by atoms with van der Waals surface area (Å²) in [5.41, 5.74) is 2.50. The minimum atomic E-state index is -0.325. The number of aryl methyl sites for hydroxylation is 1. The highest BCUT2D eigenvalue weighted by Gasteiger charge is 2.14. The van der Waals surface area contributed by atoms with E-state index < -0.39 is 0 Å². The summed E-state index contributed by atoms with van der Waals surface area (Å²) in [5, 5.41) is 4.14. The first kappa shape index (κ1) is 13.1. The van der Waals surface area contributed by atoms with E-state index in [0.29, 0.717) is 12.1 Å². The van der Waals surface area contributed by atoms with E-state index in [1.165, 1.54) is 7.11 Å². The van der Waals surface area contributed by atoms with Crippen molar-refractivity contribution in [1.82, 2.24) is 9.78 Å². The molecule has 1 aromatic carbocycles. The van der Waals surface area contributed by atoms with Crippen LogP contribution in [-0.4, -0.2) is 29.9 Å². The van der Waals surface area contributed by atoms with Crippen molar-refractivity contribution in [3.05, 3.63) is 47.8 Å². The molecule has 0 aliphatic heterocycles. The minimum absolute atomic E-state index is 0.325. The van der Waals surface area contributed by atoms with Gasteiger partial charge < -0.3 is 9.64 Å². The number of anilines is 1. The molecule has 0 radical (unpaired) electrons. The Bertz CT molecular complexity index is 578. The summed E-state index contributed by atoms with van der Waals surface area (Å²) in [6.07, 6.45) is 3.77. The smallest absolute Gasteiger partial charge is 0.339 e. The van der Waals surface area contributed by atoms with Crippen molar-refractivity contribution in [1.29, 1.82) is 0 Å². The second kappa shape index (κ2) is 5.56. The Morgan fingerprint density at radius 3 is 2.79 bits per heavy atom. The third kappa shape index (κ3) is 2.93. The molecule has 0 unspecified atom stereocenters. The second-order valence-electron chi connectivity index (χ2n) is 4.39. The van der Waals surface area contributed by atoms with Crippen LogP contribution in [0.1, 0.15) is 15.9 Å². The number of para-hydroxylation sites is 1. The molecule has 0 saturated carbocycles. The van der Waals surface area contributed by atoms with Gasteiger partial charge in [0.1, 0.15) is 0 Å². The lowest BCUT2D eigenvalue weighted by Crippen LogP contribution is -2.19. The van der Waals surface area contributed by atoms with Gasteiger partial charge in [-0.2, -0.15) is 5.10 Å². The molecular weight excluding hydrogens is 242 g/mol. The minimum Gasteiger partial charge on any atom is -0.465 e. The van der Waals surface area contributed by atoms with Crippen molar-refractivity contribution < 1.29 is 9.53 Å². The summed E-state index contributed by atoms with van der Waals surface area (Å²) in [4.78, 5) is 13.7. The number of aromatic nitrogens is 2. The molecule has 0 bridgehead atoms. The van der Waals surface area contributed by atoms with Crippen LogP contribution >= 0.6 is 0 Å². The number of hydrogen-bond acceptors (Lipinski definition) is 4. The lowest BCUT2D eigenvalue weighted by molar-refractivity contribution is 0.0601. The van der Waals surface area contributed by atoms with Crippen LogP contribution in [0.2, 0.25) is 0 Å². The average Bonchev–Trinajstić information content (AvgIpc) is 2.83. The van der Waals surface area contributed by atoms with Gasteiger partial charge in [-0.05, 0) is 12.1 Å². The Morgan fingerprint density at radius 2 is 2.16 bits per heavy atom. The van der Waals surface area contributed by atoms with E-state index in [0.717, 1.165) is 11.3 Å². The zero-order valence-corrected chi connectivity index (χ0v) is 11.3. The van der Waals surface area contributed by atoms with Gasteiger partial charge in [-0.1, -0.05) is 12.1 Å². The van der Waals surface area contributed by atoms with Crippen molar-refractivity contribution in [2.75, 3.05) is 19.1 Å². The maximum atomic E-state index is 11.7. The molecule has 5 nitrogen and oxygen atoms in total. The van der Waals surface area contributed by atoms with Crippen LogP contribution < -0.4 is 4.90 Å². The number of carbonyl (C=O) groups excluding carboxylic acids is 1. The quantitative estimate of drug-likeness (QED) is 0.786. The maximum absolute atomic E-state index is 11.7. The van der Waals surface area contributed by atoms with Crippen LogP contribution in [0.4, 0.5) is 5.69 Å². The van der Waals surface area contributed by atoms with Crippen molar-refractivity contribution in [2.45, 2.75) is 6.54 Å². The van der Waals surface area contributed by atoms with Gasteiger partial charge in [-0.25, -0.2) is 4.79 Å². The lowest BCUT2D eigenvalue weighted by atomic mass is 10.1.